The number of allylic oxidation sites excluding steroid dienone is 4. The van der Waals surface area contributed by atoms with Gasteiger partial charge in [0.05, 0.1) is 74.5 Å². The highest BCUT2D eigenvalue weighted by molar-refractivity contribution is 9.20. The Bertz CT molecular complexity index is 5120. The van der Waals surface area contributed by atoms with E-state index in [9.17, 15) is 73.8 Å². The molecule has 0 radical (unpaired) electrons. The van der Waals surface area contributed by atoms with Crippen molar-refractivity contribution in [2.45, 2.75) is 195 Å². The van der Waals surface area contributed by atoms with Crippen molar-refractivity contribution in [3.05, 3.63) is 226 Å². The molecule has 6 atom stereocenters. The van der Waals surface area contributed by atoms with Gasteiger partial charge in [-0.3, -0.25) is 19.2 Å². The van der Waals surface area contributed by atoms with Crippen molar-refractivity contribution in [3.8, 4) is 34.5 Å². The third-order valence-corrected chi connectivity index (χ3v) is 38.5. The van der Waals surface area contributed by atoms with E-state index in [1.165, 1.54) is 72.0 Å². The van der Waals surface area contributed by atoms with Crippen LogP contribution in [0.2, 0.25) is 81.9 Å². The molecule has 0 bridgehead atoms. The summed E-state index contributed by atoms with van der Waals surface area (Å²) in [6.45, 7) is 39.1. The Labute approximate surface area is 846 Å². The van der Waals surface area contributed by atoms with Gasteiger partial charge in [-0.2, -0.15) is 0 Å². The molecule has 2 saturated carbocycles. The van der Waals surface area contributed by atoms with Crippen molar-refractivity contribution in [1.82, 2.24) is 0 Å². The number of esters is 5. The number of rotatable bonds is 33. The van der Waals surface area contributed by atoms with Gasteiger partial charge in [-0.25, -0.2) is 24.0 Å². The molecule has 40 heteroatoms. The number of carboxylic acids is 1. The van der Waals surface area contributed by atoms with Gasteiger partial charge < -0.3 is 113 Å². The zero-order valence-corrected chi connectivity index (χ0v) is 91.0. The fourth-order valence-corrected chi connectivity index (χ4v) is 21.8. The lowest BCUT2D eigenvalue weighted by atomic mass is 9.83. The number of aliphatic hydroxyl groups is 2. The van der Waals surface area contributed by atoms with E-state index in [1.54, 1.807) is 31.4 Å². The summed E-state index contributed by atoms with van der Waals surface area (Å²) in [6.07, 6.45) is 15.4. The molecule has 0 aromatic heterocycles. The lowest BCUT2D eigenvalue weighted by Crippen LogP contribution is -2.44. The van der Waals surface area contributed by atoms with Crippen LogP contribution in [0.15, 0.2) is 193 Å². The molecule has 6 aromatic rings. The van der Waals surface area contributed by atoms with Crippen LogP contribution in [-0.2, 0) is 84.2 Å². The highest BCUT2D eigenvalue weighted by Crippen LogP contribution is 2.53. The fraction of sp³-hybridized carbons (Fsp3) is 0.420. The van der Waals surface area contributed by atoms with E-state index >= 15 is 0 Å². The Balaban J connectivity index is 0.00000159. The summed E-state index contributed by atoms with van der Waals surface area (Å²) in [5.41, 5.74) is 11.2. The monoisotopic (exact) mass is 2170 g/mol. The number of benzene rings is 6. The second-order valence-corrected chi connectivity index (χ2v) is 60.1. The number of phenolic OH excluding ortho intramolecular Hbond substituents is 6. The average molecular weight is 2170 g/mol. The first-order chi connectivity index (χ1) is 64.4. The predicted molar refractivity (Wildman–Crippen MR) is 567 cm³/mol. The van der Waals surface area contributed by atoms with Crippen molar-refractivity contribution >= 4 is 159 Å². The summed E-state index contributed by atoms with van der Waals surface area (Å²) in [4.78, 5) is 101. The van der Waals surface area contributed by atoms with Gasteiger partial charge in [0, 0.05) is 24.8 Å². The number of amides is 2. The van der Waals surface area contributed by atoms with E-state index in [0.717, 1.165) is 59.7 Å². The van der Waals surface area contributed by atoms with Crippen LogP contribution in [0.25, 0.3) is 6.08 Å². The standard InChI is InChI=1S/C21H18BrO2P.C13H23BrO3Si.C12H12O6.C12H14O5.C11H12O5.C11H24O3Si2.C10H20O2Si.C8H15BN2O4.2CH4/c1-24-21(23)20(22)25(17-11-5-2-6-12-17,18-13-7-3-8-14-18)19-15-9-4-10-16-19;1-13(2,3)18(5,6)17-10-8-7-9-11(14)12(15)16-4;1-18-12(17)10-7(2-5(13)3-9(10)14)6-4-8(6)11(15)16;1-17-12(16)11-9(8-2-6(8)5-13)3-7(14)4-10(11)15;1-16-11(15)10-7(3-2-4-12)5-8(13)6-9(10)14;1-10(13-15(3,4)5)9-11(12-2)14-16(6,7)8;1-10(2,3)13(4,5)12-9-7-6-8-11;1-2-3-4-9-14-5(7(10)12)6(15-9)8(11)13;;/h2-16H,1H3;7-9H,10H2,1-6H3;2-3,6,8,13-14H,4H2,1H3,(H,15,16);3-4,6,8,13-15H,2,5H2,1H3;2-3,5-6,12-14H,4H2,1H3;9H,1H2,2-8H3;6-8H,9H2,1-5H3;5-6H,2-4H2,1H3,(H2,10,12)(H2,11,13);2*1H4/b;8-7-,11-9-;;;3-2-;11-9+;7-6-;;;/t;;2*6-,8-;;;;5-,6-;;/m..10...0../s1. The van der Waals surface area contributed by atoms with E-state index in [0.29, 0.717) is 57.5 Å². The minimum absolute atomic E-state index is 0. The van der Waals surface area contributed by atoms with E-state index in [-0.39, 0.29) is 119 Å². The van der Waals surface area contributed by atoms with Crippen LogP contribution in [0.3, 0.4) is 0 Å². The van der Waals surface area contributed by atoms with Gasteiger partial charge in [-0.05, 0) is 214 Å². The number of halogens is 2. The number of carboxylic acid groups (broad SMARTS) is 1. The number of hydrogen-bond acceptors (Lipinski definition) is 29. The Hall–Kier alpha value is -10.7. The minimum Gasteiger partial charge on any atom is -0.545 e. The quantitative estimate of drug-likeness (QED) is 0.00266. The summed E-state index contributed by atoms with van der Waals surface area (Å²) >= 11 is 6.76. The van der Waals surface area contributed by atoms with Crippen LogP contribution < -0.4 is 27.4 Å². The maximum Gasteiger partial charge on any atom is 0.458 e. The van der Waals surface area contributed by atoms with Crippen molar-refractivity contribution in [2.24, 2.45) is 23.3 Å². The van der Waals surface area contributed by atoms with Crippen molar-refractivity contribution < 1.29 is 145 Å². The molecule has 32 nitrogen and oxygen atoms in total. The molecular weight excluding hydrogens is 2020 g/mol. The topological polar surface area (TPSA) is 499 Å². The van der Waals surface area contributed by atoms with Gasteiger partial charge in [0.1, 0.15) is 71.9 Å². The molecule has 2 amide bonds. The van der Waals surface area contributed by atoms with Crippen LogP contribution in [0.1, 0.15) is 149 Å². The molecule has 3 fully saturated rings. The highest BCUT2D eigenvalue weighted by Gasteiger charge is 2.48. The maximum atomic E-state index is 12.6. The molecule has 6 aromatic carbocycles. The molecule has 1 saturated heterocycles. The van der Waals surface area contributed by atoms with Crippen molar-refractivity contribution in [3.63, 3.8) is 0 Å². The van der Waals surface area contributed by atoms with E-state index < -0.39 is 107 Å². The van der Waals surface area contributed by atoms with Gasteiger partial charge in [0.2, 0.25) is 28.4 Å². The molecule has 1 heterocycles. The summed E-state index contributed by atoms with van der Waals surface area (Å²) < 4.78 is 63.0. The number of aldehydes is 1. The van der Waals surface area contributed by atoms with E-state index in [1.807, 2.05) is 67.6 Å². The number of aromatic hydroxyl groups is 6. The third kappa shape index (κ3) is 42.2. The molecule has 0 spiro atoms. The van der Waals surface area contributed by atoms with Crippen LogP contribution in [0, 0.1) is 11.8 Å². The highest BCUT2D eigenvalue weighted by atomic mass is 79.9. The Morgan fingerprint density at radius 1 is 0.536 bits per heavy atom. The predicted octanol–water partition coefficient (Wildman–Crippen LogP) is 17.4. The van der Waals surface area contributed by atoms with Gasteiger partial charge in [-0.1, -0.05) is 204 Å². The van der Waals surface area contributed by atoms with Crippen LogP contribution in [0.5, 0.6) is 34.5 Å². The fourth-order valence-electron chi connectivity index (χ4n) is 12.2. The smallest absolute Gasteiger partial charge is 0.458 e. The number of ether oxygens (including phenoxy) is 6. The molecule has 0 unspecified atom stereocenters. The van der Waals surface area contributed by atoms with Gasteiger partial charge in [0.25, 0.3) is 5.95 Å². The number of carbonyl (C=O) groups excluding carboxylic acids is 8. The van der Waals surface area contributed by atoms with Gasteiger partial charge >= 0.3 is 42.9 Å². The number of phenols is 6. The lowest BCUT2D eigenvalue weighted by Gasteiger charge is -2.35. The van der Waals surface area contributed by atoms with Crippen LogP contribution >= 0.6 is 38.7 Å². The number of hydrogen-bond donors (Lipinski definition) is 11. The first-order valence-corrected chi connectivity index (χ1v) is 59.8. The molecule has 774 valence electrons. The van der Waals surface area contributed by atoms with Crippen molar-refractivity contribution in [1.29, 1.82) is 0 Å². The lowest BCUT2D eigenvalue weighted by molar-refractivity contribution is -0.138. The normalized spacial score (nSPS) is 15.9. The molecule has 13 N–H and O–H groups in total. The summed E-state index contributed by atoms with van der Waals surface area (Å²) in [5.74, 6) is -6.61. The third-order valence-electron chi connectivity index (χ3n) is 21.3. The zero-order chi connectivity index (χ0) is 105. The molecular formula is C100H146BBr2N2O30PSi4. The number of aliphatic hydroxyl groups excluding tert-OH is 2. The SMILES string of the molecule is C.C.C=C(/C=C(\OC)O[Si](C)(C)C)O[Si](C)(C)C.CC(C)(C)[Si](C)(C)OC/C=C\C=O.CCCCB1O[C@H](C(N)=O)[C@@H](C(N)=O)O1.COC(=O)/C(Br)=C/C=C\CO[Si](C)(C)C(C)(C)C.COC(=O)C(Br)=P(c1ccccc1)(c1ccccc1)c1ccccc1.COC(=O)c1c(O)cc(O)cc1/C=C\CO.COC(=O)c1c(O)cc(O)cc1[C@H]1C[C@H]1C(=O)O.COC(=O)c1c(O)cc(O)cc1[C@H]1C[C@H]1CO. The second kappa shape index (κ2) is 61.2. The van der Waals surface area contributed by atoms with Gasteiger partial charge in [-0.15, -0.1) is 0 Å². The number of nitrogens with two attached hydrogens (primary N) is 2. The first kappa shape index (κ1) is 129. The zero-order valence-electron chi connectivity index (χ0n) is 82.9. The maximum absolute atomic E-state index is 12.6. The molecule has 3 aliphatic rings. The number of aliphatic carboxylic acids is 1. The largest absolute Gasteiger partial charge is 0.545 e. The molecule has 140 heavy (non-hydrogen) atoms. The van der Waals surface area contributed by atoms with Crippen LogP contribution in [-0.4, -0.2) is 226 Å². The second-order valence-electron chi connectivity index (χ2n) is 36.1. The first-order valence-electron chi connectivity index (χ1n) is 43.8. The summed E-state index contributed by atoms with van der Waals surface area (Å²) in [5, 5.41) is 87.3. The van der Waals surface area contributed by atoms with Gasteiger partial charge in [0.15, 0.2) is 28.8 Å². The minimum atomic E-state index is -2.36. The summed E-state index contributed by atoms with van der Waals surface area (Å²) in [6, 6.07) is 37.7. The van der Waals surface area contributed by atoms with Crippen molar-refractivity contribution in [2.75, 3.05) is 69.1 Å². The number of methoxy groups -OCH3 is 6. The average Bonchev–Trinajstić information content (AvgIpc) is 1.27. The van der Waals surface area contributed by atoms with E-state index in [4.69, 9.17) is 63.3 Å². The Morgan fingerprint density at radius 3 is 1.26 bits per heavy atom. The number of primary amides is 2. The number of unbranched alkanes of at least 4 members (excludes halogenated alkanes) is 1. The van der Waals surface area contributed by atoms with E-state index in [2.05, 4.69) is 201 Å². The molecule has 9 rings (SSSR count). The Morgan fingerprint density at radius 2 is 0.929 bits per heavy atom. The molecule has 2 aliphatic carbocycles. The van der Waals surface area contributed by atoms with Crippen LogP contribution in [0.4, 0.5) is 0 Å². The Kier molecular flexibility index (Phi) is 56.6. The number of carbonyl (C=O) groups is 9. The summed E-state index contributed by atoms with van der Waals surface area (Å²) in [7, 11) is 0.831. The molecule has 1 aliphatic heterocycles.